The topological polar surface area (TPSA) is 128 Å². The van der Waals surface area contributed by atoms with Crippen molar-refractivity contribution in [1.29, 1.82) is 0 Å². The maximum atomic E-state index is 13.4. The van der Waals surface area contributed by atoms with Gasteiger partial charge in [-0.2, -0.15) is 0 Å². The number of aromatic nitrogens is 4. The molecule has 3 aromatic heterocycles. The lowest BCUT2D eigenvalue weighted by Gasteiger charge is -2.17. The van der Waals surface area contributed by atoms with Gasteiger partial charge in [0.2, 0.25) is 0 Å². The van der Waals surface area contributed by atoms with Gasteiger partial charge >= 0.3 is 5.69 Å². The second kappa shape index (κ2) is 8.56. The molecule has 0 saturated heterocycles. The lowest BCUT2D eigenvalue weighted by atomic mass is 10.0. The predicted molar refractivity (Wildman–Crippen MR) is 130 cm³/mol. The number of ether oxygens (including phenoxy) is 2. The Balaban J connectivity index is 1.61. The first-order valence-corrected chi connectivity index (χ1v) is 11.9. The number of carbonyl (C=O) groups is 1. The Morgan fingerprint density at radius 1 is 1.18 bits per heavy atom. The standard InChI is InChI=1S/C23H23N5O5S/c1-4-5-28-19-18(21(30)27-23(28)31)12(8-13(24-19)11(2)3)20(29)26-22-25-14-9-15-16(10-17(14)34-22)33-7-6-32-15/h8-11H,4-7H2,1-3H3,(H,25,26,29)(H,27,30,31). The lowest BCUT2D eigenvalue weighted by molar-refractivity contribution is 0.102. The van der Waals surface area contributed by atoms with Crippen molar-refractivity contribution in [3.8, 4) is 11.5 Å². The van der Waals surface area contributed by atoms with Crippen LogP contribution in [-0.4, -0.2) is 38.6 Å². The summed E-state index contributed by atoms with van der Waals surface area (Å²) >= 11 is 1.29. The van der Waals surface area contributed by atoms with Crippen LogP contribution >= 0.6 is 11.3 Å². The van der Waals surface area contributed by atoms with E-state index in [9.17, 15) is 14.4 Å². The van der Waals surface area contributed by atoms with E-state index in [2.05, 4.69) is 20.3 Å². The minimum atomic E-state index is -0.647. The maximum absolute atomic E-state index is 13.4. The van der Waals surface area contributed by atoms with Crippen LogP contribution in [0.1, 0.15) is 49.2 Å². The monoisotopic (exact) mass is 481 g/mol. The Kier molecular flexibility index (Phi) is 5.56. The van der Waals surface area contributed by atoms with E-state index in [0.29, 0.717) is 54.0 Å². The van der Waals surface area contributed by atoms with Gasteiger partial charge in [0.15, 0.2) is 22.3 Å². The summed E-state index contributed by atoms with van der Waals surface area (Å²) < 4.78 is 13.5. The molecule has 1 aliphatic heterocycles. The van der Waals surface area contributed by atoms with Gasteiger partial charge in [-0.05, 0) is 18.4 Å². The number of carbonyl (C=O) groups excluding carboxylic acids is 1. The van der Waals surface area contributed by atoms with Crippen LogP contribution in [0.15, 0.2) is 27.8 Å². The number of amides is 1. The summed E-state index contributed by atoms with van der Waals surface area (Å²) in [5, 5.41) is 3.26. The van der Waals surface area contributed by atoms with E-state index in [-0.39, 0.29) is 22.5 Å². The van der Waals surface area contributed by atoms with Gasteiger partial charge in [-0.25, -0.2) is 14.8 Å². The summed E-state index contributed by atoms with van der Waals surface area (Å²) in [4.78, 5) is 50.0. The highest BCUT2D eigenvalue weighted by Crippen LogP contribution is 2.38. The Labute approximate surface area is 197 Å². The van der Waals surface area contributed by atoms with Gasteiger partial charge in [0, 0.05) is 24.4 Å². The van der Waals surface area contributed by atoms with E-state index in [4.69, 9.17) is 9.47 Å². The average molecular weight is 482 g/mol. The second-order valence-electron chi connectivity index (χ2n) is 8.30. The van der Waals surface area contributed by atoms with Gasteiger partial charge in [-0.3, -0.25) is 24.5 Å². The molecule has 0 bridgehead atoms. The fourth-order valence-electron chi connectivity index (χ4n) is 3.88. The van der Waals surface area contributed by atoms with Crippen LogP contribution in [0.4, 0.5) is 5.13 Å². The number of hydrogen-bond acceptors (Lipinski definition) is 8. The molecule has 0 saturated carbocycles. The molecule has 2 N–H and O–H groups in total. The summed E-state index contributed by atoms with van der Waals surface area (Å²) in [6.07, 6.45) is 0.666. The molecule has 34 heavy (non-hydrogen) atoms. The summed E-state index contributed by atoms with van der Waals surface area (Å²) in [5.41, 5.74) is 0.439. The molecule has 176 valence electrons. The van der Waals surface area contributed by atoms with E-state index in [1.807, 2.05) is 26.8 Å². The minimum absolute atomic E-state index is 0.0193. The van der Waals surface area contributed by atoms with Crippen LogP contribution in [0.2, 0.25) is 0 Å². The normalized spacial score (nSPS) is 13.1. The lowest BCUT2D eigenvalue weighted by Crippen LogP contribution is -2.32. The van der Waals surface area contributed by atoms with E-state index >= 15 is 0 Å². The zero-order valence-corrected chi connectivity index (χ0v) is 19.7. The zero-order valence-electron chi connectivity index (χ0n) is 18.9. The number of fused-ring (bicyclic) bond motifs is 3. The molecule has 10 nitrogen and oxygen atoms in total. The number of pyridine rings is 1. The quantitative estimate of drug-likeness (QED) is 0.448. The number of nitrogens with one attached hydrogen (secondary N) is 2. The maximum Gasteiger partial charge on any atom is 0.329 e. The smallest absolute Gasteiger partial charge is 0.329 e. The second-order valence-corrected chi connectivity index (χ2v) is 9.33. The molecule has 11 heteroatoms. The number of rotatable bonds is 5. The fourth-order valence-corrected chi connectivity index (χ4v) is 4.75. The van der Waals surface area contributed by atoms with Gasteiger partial charge in [0.25, 0.3) is 11.5 Å². The molecular formula is C23H23N5O5S. The van der Waals surface area contributed by atoms with Crippen molar-refractivity contribution in [2.75, 3.05) is 18.5 Å². The van der Waals surface area contributed by atoms with Crippen molar-refractivity contribution in [3.63, 3.8) is 0 Å². The molecule has 1 aromatic carbocycles. The molecule has 1 amide bonds. The first-order chi connectivity index (χ1) is 16.4. The number of aryl methyl sites for hydroxylation is 1. The summed E-state index contributed by atoms with van der Waals surface area (Å²) in [7, 11) is 0. The third-order valence-electron chi connectivity index (χ3n) is 5.52. The number of H-pyrrole nitrogens is 1. The number of nitrogens with zero attached hydrogens (tertiary/aromatic N) is 3. The summed E-state index contributed by atoms with van der Waals surface area (Å²) in [6, 6.07) is 5.22. The SMILES string of the molecule is CCCn1c(=O)[nH]c(=O)c2c(C(=O)Nc3nc4cc5c(cc4s3)OCCO5)cc(C(C)C)nc21. The van der Waals surface area contributed by atoms with Crippen LogP contribution in [0.5, 0.6) is 11.5 Å². The van der Waals surface area contributed by atoms with Crippen LogP contribution in [0.25, 0.3) is 21.3 Å². The van der Waals surface area contributed by atoms with Crippen LogP contribution in [0.3, 0.4) is 0 Å². The fraction of sp³-hybridized carbons (Fsp3) is 0.348. The minimum Gasteiger partial charge on any atom is -0.486 e. The molecule has 4 aromatic rings. The van der Waals surface area contributed by atoms with E-state index in [1.165, 1.54) is 15.9 Å². The molecule has 0 fully saturated rings. The van der Waals surface area contributed by atoms with Crippen molar-refractivity contribution in [2.45, 2.75) is 39.7 Å². The molecule has 0 unspecified atom stereocenters. The van der Waals surface area contributed by atoms with Gasteiger partial charge in [0.05, 0.1) is 21.2 Å². The molecule has 1 aliphatic rings. The van der Waals surface area contributed by atoms with Gasteiger partial charge in [-0.15, -0.1) is 0 Å². The van der Waals surface area contributed by atoms with Crippen molar-refractivity contribution in [3.05, 3.63) is 50.3 Å². The van der Waals surface area contributed by atoms with Crippen LogP contribution in [-0.2, 0) is 6.54 Å². The van der Waals surface area contributed by atoms with Crippen molar-refractivity contribution < 1.29 is 14.3 Å². The highest BCUT2D eigenvalue weighted by atomic mass is 32.1. The average Bonchev–Trinajstić information content (AvgIpc) is 3.19. The number of hydrogen-bond donors (Lipinski definition) is 2. The largest absolute Gasteiger partial charge is 0.486 e. The van der Waals surface area contributed by atoms with Gasteiger partial charge in [-0.1, -0.05) is 32.1 Å². The Bertz CT molecular complexity index is 1510. The zero-order chi connectivity index (χ0) is 24.0. The molecule has 0 radical (unpaired) electrons. The highest BCUT2D eigenvalue weighted by molar-refractivity contribution is 7.22. The van der Waals surface area contributed by atoms with E-state index in [1.54, 1.807) is 12.1 Å². The van der Waals surface area contributed by atoms with Crippen molar-refractivity contribution in [2.24, 2.45) is 0 Å². The number of anilines is 1. The number of aromatic amines is 1. The van der Waals surface area contributed by atoms with Gasteiger partial charge in [0.1, 0.15) is 13.2 Å². The van der Waals surface area contributed by atoms with E-state index < -0.39 is 17.2 Å². The third-order valence-corrected chi connectivity index (χ3v) is 6.46. The Morgan fingerprint density at radius 3 is 2.62 bits per heavy atom. The van der Waals surface area contributed by atoms with Crippen molar-refractivity contribution >= 4 is 43.6 Å². The first-order valence-electron chi connectivity index (χ1n) is 11.0. The Morgan fingerprint density at radius 2 is 1.91 bits per heavy atom. The molecule has 4 heterocycles. The van der Waals surface area contributed by atoms with Crippen molar-refractivity contribution in [1.82, 2.24) is 19.5 Å². The van der Waals surface area contributed by atoms with Crippen LogP contribution < -0.4 is 26.0 Å². The highest BCUT2D eigenvalue weighted by Gasteiger charge is 2.22. The molecular weight excluding hydrogens is 458 g/mol. The van der Waals surface area contributed by atoms with E-state index in [0.717, 1.165) is 4.70 Å². The number of thiazole rings is 1. The summed E-state index contributed by atoms with van der Waals surface area (Å²) in [6.45, 7) is 7.11. The Hall–Kier alpha value is -3.73. The summed E-state index contributed by atoms with van der Waals surface area (Å²) in [5.74, 6) is 0.735. The predicted octanol–water partition coefficient (Wildman–Crippen LogP) is 3.25. The molecule has 0 aliphatic carbocycles. The third kappa shape index (κ3) is 3.81. The molecule has 0 spiro atoms. The molecule has 0 atom stereocenters. The van der Waals surface area contributed by atoms with Gasteiger partial charge < -0.3 is 9.47 Å². The van der Waals surface area contributed by atoms with Crippen LogP contribution in [0, 0.1) is 0 Å². The number of benzene rings is 1. The molecule has 5 rings (SSSR count). The first kappa shape index (κ1) is 22.1.